The molecule has 0 aliphatic carbocycles. The lowest BCUT2D eigenvalue weighted by molar-refractivity contribution is 0.0951. The molecular weight excluding hydrogens is 258 g/mol. The van der Waals surface area contributed by atoms with Gasteiger partial charge < -0.3 is 11.1 Å². The molecule has 0 bridgehead atoms. The van der Waals surface area contributed by atoms with Gasteiger partial charge >= 0.3 is 0 Å². The van der Waals surface area contributed by atoms with Crippen molar-refractivity contribution in [3.63, 3.8) is 0 Å². The Bertz CT molecular complexity index is 548. The van der Waals surface area contributed by atoms with E-state index < -0.39 is 0 Å². The zero-order valence-corrected chi connectivity index (χ0v) is 11.7. The molecule has 0 saturated carbocycles. The fourth-order valence-corrected chi connectivity index (χ4v) is 2.45. The SMILES string of the molecule is CCc1cnc(CNC(=O)c2ccc(CN)cc2)s1. The van der Waals surface area contributed by atoms with Gasteiger partial charge in [0.2, 0.25) is 0 Å². The van der Waals surface area contributed by atoms with Crippen molar-refractivity contribution in [1.82, 2.24) is 10.3 Å². The van der Waals surface area contributed by atoms with Gasteiger partial charge in [0.15, 0.2) is 0 Å². The van der Waals surface area contributed by atoms with E-state index in [1.165, 1.54) is 4.88 Å². The van der Waals surface area contributed by atoms with Crippen molar-refractivity contribution in [1.29, 1.82) is 0 Å². The van der Waals surface area contributed by atoms with Crippen LogP contribution in [0.3, 0.4) is 0 Å². The fraction of sp³-hybridized carbons (Fsp3) is 0.286. The van der Waals surface area contributed by atoms with Gasteiger partial charge in [0.25, 0.3) is 5.91 Å². The number of rotatable bonds is 5. The predicted molar refractivity (Wildman–Crippen MR) is 77.0 cm³/mol. The van der Waals surface area contributed by atoms with Crippen LogP contribution in [0.15, 0.2) is 30.5 Å². The molecule has 1 aromatic carbocycles. The van der Waals surface area contributed by atoms with E-state index in [0.717, 1.165) is 17.0 Å². The molecule has 2 rings (SSSR count). The molecule has 1 amide bonds. The Labute approximate surface area is 116 Å². The summed E-state index contributed by atoms with van der Waals surface area (Å²) >= 11 is 1.63. The van der Waals surface area contributed by atoms with E-state index in [-0.39, 0.29) is 5.91 Å². The Hall–Kier alpha value is -1.72. The Balaban J connectivity index is 1.93. The molecule has 0 aliphatic rings. The van der Waals surface area contributed by atoms with Gasteiger partial charge in [-0.05, 0) is 24.1 Å². The minimum Gasteiger partial charge on any atom is -0.346 e. The number of carbonyl (C=O) groups excluding carboxylic acids is 1. The summed E-state index contributed by atoms with van der Waals surface area (Å²) in [5.41, 5.74) is 7.18. The molecule has 0 aliphatic heterocycles. The largest absolute Gasteiger partial charge is 0.346 e. The third-order valence-electron chi connectivity index (χ3n) is 2.80. The molecule has 5 heteroatoms. The van der Waals surface area contributed by atoms with Crippen LogP contribution in [-0.2, 0) is 19.5 Å². The van der Waals surface area contributed by atoms with E-state index in [9.17, 15) is 4.79 Å². The molecule has 3 N–H and O–H groups in total. The minimum absolute atomic E-state index is 0.0863. The Morgan fingerprint density at radius 2 is 2.11 bits per heavy atom. The molecule has 4 nitrogen and oxygen atoms in total. The van der Waals surface area contributed by atoms with Gasteiger partial charge in [0.05, 0.1) is 6.54 Å². The van der Waals surface area contributed by atoms with Gasteiger partial charge in [-0.3, -0.25) is 4.79 Å². The topological polar surface area (TPSA) is 68.0 Å². The van der Waals surface area contributed by atoms with Crippen LogP contribution in [0.4, 0.5) is 0 Å². The van der Waals surface area contributed by atoms with Gasteiger partial charge in [-0.1, -0.05) is 19.1 Å². The van der Waals surface area contributed by atoms with Gasteiger partial charge in [-0.2, -0.15) is 0 Å². The summed E-state index contributed by atoms with van der Waals surface area (Å²) in [5.74, 6) is -0.0863. The number of hydrogen-bond donors (Lipinski definition) is 2. The summed E-state index contributed by atoms with van der Waals surface area (Å²) in [7, 11) is 0. The fourth-order valence-electron chi connectivity index (χ4n) is 1.64. The van der Waals surface area contributed by atoms with Crippen molar-refractivity contribution in [2.45, 2.75) is 26.4 Å². The Kier molecular flexibility index (Phi) is 4.65. The summed E-state index contributed by atoms with van der Waals surface area (Å²) in [6, 6.07) is 7.31. The highest BCUT2D eigenvalue weighted by molar-refractivity contribution is 7.11. The lowest BCUT2D eigenvalue weighted by atomic mass is 10.1. The van der Waals surface area contributed by atoms with Crippen molar-refractivity contribution in [2.24, 2.45) is 5.73 Å². The zero-order chi connectivity index (χ0) is 13.7. The molecule has 0 spiro atoms. The molecule has 0 saturated heterocycles. The van der Waals surface area contributed by atoms with E-state index >= 15 is 0 Å². The highest BCUT2D eigenvalue weighted by atomic mass is 32.1. The maximum atomic E-state index is 11.9. The molecule has 100 valence electrons. The monoisotopic (exact) mass is 275 g/mol. The maximum absolute atomic E-state index is 11.9. The summed E-state index contributed by atoms with van der Waals surface area (Å²) in [5, 5.41) is 3.80. The highest BCUT2D eigenvalue weighted by Crippen LogP contribution is 2.13. The first kappa shape index (κ1) is 13.7. The van der Waals surface area contributed by atoms with Gasteiger partial charge in [-0.25, -0.2) is 4.98 Å². The van der Waals surface area contributed by atoms with Crippen LogP contribution in [0.25, 0.3) is 0 Å². The smallest absolute Gasteiger partial charge is 0.251 e. The van der Waals surface area contributed by atoms with Crippen LogP contribution in [0.5, 0.6) is 0 Å². The molecule has 0 unspecified atom stereocenters. The lowest BCUT2D eigenvalue weighted by Gasteiger charge is -2.04. The van der Waals surface area contributed by atoms with Crippen molar-refractivity contribution in [3.05, 3.63) is 51.5 Å². The molecule has 0 atom stereocenters. The van der Waals surface area contributed by atoms with Crippen LogP contribution in [0.1, 0.15) is 32.7 Å². The number of amides is 1. The molecule has 0 fully saturated rings. The quantitative estimate of drug-likeness (QED) is 0.878. The molecule has 19 heavy (non-hydrogen) atoms. The van der Waals surface area contributed by atoms with E-state index in [0.29, 0.717) is 18.7 Å². The van der Waals surface area contributed by atoms with E-state index in [2.05, 4.69) is 17.2 Å². The predicted octanol–water partition coefficient (Wildman–Crippen LogP) is 2.09. The number of carbonyl (C=O) groups is 1. The molecule has 1 aromatic heterocycles. The standard InChI is InChI=1S/C14H17N3OS/c1-2-12-8-16-13(19-12)9-17-14(18)11-5-3-10(7-15)4-6-11/h3-6,8H,2,7,9,15H2,1H3,(H,17,18). The number of hydrogen-bond acceptors (Lipinski definition) is 4. The first-order valence-electron chi connectivity index (χ1n) is 6.23. The Morgan fingerprint density at radius 1 is 1.37 bits per heavy atom. The second-order valence-corrected chi connectivity index (χ2v) is 5.36. The number of benzene rings is 1. The zero-order valence-electron chi connectivity index (χ0n) is 10.8. The molecule has 1 heterocycles. The molecular formula is C14H17N3OS. The Morgan fingerprint density at radius 3 is 2.68 bits per heavy atom. The van der Waals surface area contributed by atoms with Crippen LogP contribution in [0, 0.1) is 0 Å². The van der Waals surface area contributed by atoms with Crippen molar-refractivity contribution in [2.75, 3.05) is 0 Å². The van der Waals surface area contributed by atoms with Crippen LogP contribution in [-0.4, -0.2) is 10.9 Å². The van der Waals surface area contributed by atoms with E-state index in [4.69, 9.17) is 5.73 Å². The summed E-state index contributed by atoms with van der Waals surface area (Å²) in [6.07, 6.45) is 2.84. The number of nitrogens with two attached hydrogens (primary N) is 1. The summed E-state index contributed by atoms with van der Waals surface area (Å²) in [4.78, 5) is 17.4. The number of aryl methyl sites for hydroxylation is 1. The average molecular weight is 275 g/mol. The second kappa shape index (κ2) is 6.45. The average Bonchev–Trinajstić information content (AvgIpc) is 2.93. The first-order valence-corrected chi connectivity index (χ1v) is 7.05. The number of aromatic nitrogens is 1. The second-order valence-electron chi connectivity index (χ2n) is 4.16. The highest BCUT2D eigenvalue weighted by Gasteiger charge is 2.06. The number of thiazole rings is 1. The van der Waals surface area contributed by atoms with Crippen molar-refractivity contribution in [3.8, 4) is 0 Å². The van der Waals surface area contributed by atoms with E-state index in [1.807, 2.05) is 18.3 Å². The third-order valence-corrected chi connectivity index (χ3v) is 3.94. The molecule has 2 aromatic rings. The van der Waals surface area contributed by atoms with Crippen LogP contribution in [0.2, 0.25) is 0 Å². The first-order chi connectivity index (χ1) is 9.22. The molecule has 0 radical (unpaired) electrons. The number of nitrogens with zero attached hydrogens (tertiary/aromatic N) is 1. The van der Waals surface area contributed by atoms with Gasteiger partial charge in [-0.15, -0.1) is 11.3 Å². The van der Waals surface area contributed by atoms with Crippen molar-refractivity contribution >= 4 is 17.2 Å². The van der Waals surface area contributed by atoms with Gasteiger partial charge in [0.1, 0.15) is 5.01 Å². The number of nitrogens with one attached hydrogen (secondary N) is 1. The third kappa shape index (κ3) is 3.62. The maximum Gasteiger partial charge on any atom is 0.251 e. The lowest BCUT2D eigenvalue weighted by Crippen LogP contribution is -2.22. The summed E-state index contributed by atoms with van der Waals surface area (Å²) < 4.78 is 0. The normalized spacial score (nSPS) is 10.4. The van der Waals surface area contributed by atoms with E-state index in [1.54, 1.807) is 23.5 Å². The van der Waals surface area contributed by atoms with Crippen LogP contribution < -0.4 is 11.1 Å². The van der Waals surface area contributed by atoms with Crippen molar-refractivity contribution < 1.29 is 4.79 Å². The summed E-state index contributed by atoms with van der Waals surface area (Å²) in [6.45, 7) is 3.05. The van der Waals surface area contributed by atoms with Gasteiger partial charge in [0, 0.05) is 23.2 Å². The van der Waals surface area contributed by atoms with Crippen LogP contribution >= 0.6 is 11.3 Å². The minimum atomic E-state index is -0.0863.